The van der Waals surface area contributed by atoms with Crippen LogP contribution >= 0.6 is 0 Å². The van der Waals surface area contributed by atoms with Gasteiger partial charge in [-0.2, -0.15) is 0 Å². The molecule has 0 bridgehead atoms. The Morgan fingerprint density at radius 2 is 1.11 bits per heavy atom. The maximum atomic E-state index is 11.4. The molecule has 0 spiro atoms. The Morgan fingerprint density at radius 1 is 0.684 bits per heavy atom. The third-order valence-electron chi connectivity index (χ3n) is 2.67. The van der Waals surface area contributed by atoms with Gasteiger partial charge in [-0.3, -0.25) is 19.2 Å². The SMILES string of the molecule is CCOC(=O)CCC(=O)CCC(=O)CCC(=O)CC. The molecule has 0 aromatic heterocycles. The van der Waals surface area contributed by atoms with Crippen molar-refractivity contribution in [1.29, 1.82) is 0 Å². The van der Waals surface area contributed by atoms with E-state index in [0.717, 1.165) is 0 Å². The highest BCUT2D eigenvalue weighted by Gasteiger charge is 2.11. The van der Waals surface area contributed by atoms with Crippen LogP contribution in [-0.2, 0) is 23.9 Å². The topological polar surface area (TPSA) is 77.5 Å². The van der Waals surface area contributed by atoms with Crippen molar-refractivity contribution in [2.24, 2.45) is 0 Å². The lowest BCUT2D eigenvalue weighted by molar-refractivity contribution is -0.144. The molecule has 0 atom stereocenters. The van der Waals surface area contributed by atoms with Crippen molar-refractivity contribution in [1.82, 2.24) is 0 Å². The maximum absolute atomic E-state index is 11.4. The van der Waals surface area contributed by atoms with Gasteiger partial charge in [-0.1, -0.05) is 6.92 Å². The number of esters is 1. The number of ether oxygens (including phenoxy) is 1. The highest BCUT2D eigenvalue weighted by Crippen LogP contribution is 2.05. The van der Waals surface area contributed by atoms with E-state index in [2.05, 4.69) is 0 Å². The summed E-state index contributed by atoms with van der Waals surface area (Å²) >= 11 is 0. The Kier molecular flexibility index (Phi) is 9.57. The van der Waals surface area contributed by atoms with Gasteiger partial charge in [0.2, 0.25) is 0 Å². The van der Waals surface area contributed by atoms with Crippen molar-refractivity contribution in [3.63, 3.8) is 0 Å². The van der Waals surface area contributed by atoms with Crippen molar-refractivity contribution in [2.75, 3.05) is 6.61 Å². The minimum absolute atomic E-state index is 0.0574. The lowest BCUT2D eigenvalue weighted by atomic mass is 10.0. The van der Waals surface area contributed by atoms with Gasteiger partial charge in [0, 0.05) is 38.5 Å². The number of carbonyl (C=O) groups is 4. The third-order valence-corrected chi connectivity index (χ3v) is 2.67. The molecular weight excluding hydrogens is 248 g/mol. The molecule has 0 aliphatic carbocycles. The summed E-state index contributed by atoms with van der Waals surface area (Å²) in [5.74, 6) is -0.535. The van der Waals surface area contributed by atoms with Crippen molar-refractivity contribution < 1.29 is 23.9 Å². The zero-order valence-electron chi connectivity index (χ0n) is 11.7. The normalized spacial score (nSPS) is 10.0. The molecule has 19 heavy (non-hydrogen) atoms. The van der Waals surface area contributed by atoms with Crippen LogP contribution in [0.2, 0.25) is 0 Å². The van der Waals surface area contributed by atoms with E-state index >= 15 is 0 Å². The zero-order chi connectivity index (χ0) is 14.7. The summed E-state index contributed by atoms with van der Waals surface area (Å²) in [6.07, 6.45) is 1.36. The number of hydrogen-bond donors (Lipinski definition) is 0. The summed E-state index contributed by atoms with van der Waals surface area (Å²) in [6, 6.07) is 0. The summed E-state index contributed by atoms with van der Waals surface area (Å²) in [5, 5.41) is 0. The fraction of sp³-hybridized carbons (Fsp3) is 0.714. The average Bonchev–Trinajstić information content (AvgIpc) is 2.40. The van der Waals surface area contributed by atoms with E-state index in [1.807, 2.05) is 0 Å². The van der Waals surface area contributed by atoms with Crippen LogP contribution in [0.4, 0.5) is 0 Å². The van der Waals surface area contributed by atoms with E-state index in [0.29, 0.717) is 13.0 Å². The Labute approximate surface area is 113 Å². The van der Waals surface area contributed by atoms with Crippen LogP contribution in [0.1, 0.15) is 58.8 Å². The Balaban J connectivity index is 3.69. The Hall–Kier alpha value is -1.52. The lowest BCUT2D eigenvalue weighted by Crippen LogP contribution is -2.09. The summed E-state index contributed by atoms with van der Waals surface area (Å²) in [5.41, 5.74) is 0. The molecule has 0 aromatic rings. The van der Waals surface area contributed by atoms with E-state index in [-0.39, 0.29) is 55.9 Å². The molecular formula is C14H22O5. The molecule has 0 aliphatic rings. The minimum atomic E-state index is -0.393. The van der Waals surface area contributed by atoms with E-state index < -0.39 is 5.97 Å². The van der Waals surface area contributed by atoms with Crippen LogP contribution in [0.5, 0.6) is 0 Å². The molecule has 0 N–H and O–H groups in total. The van der Waals surface area contributed by atoms with Gasteiger partial charge < -0.3 is 4.74 Å². The maximum Gasteiger partial charge on any atom is 0.306 e. The van der Waals surface area contributed by atoms with Crippen molar-refractivity contribution in [2.45, 2.75) is 58.8 Å². The number of carbonyl (C=O) groups excluding carboxylic acids is 4. The monoisotopic (exact) mass is 270 g/mol. The summed E-state index contributed by atoms with van der Waals surface area (Å²) in [6.45, 7) is 3.76. The first kappa shape index (κ1) is 17.5. The lowest BCUT2D eigenvalue weighted by Gasteiger charge is -2.02. The third kappa shape index (κ3) is 10.1. The standard InChI is InChI=1S/C14H22O5/c1-3-11(15)5-6-12(16)7-8-13(17)9-10-14(18)19-4-2/h3-10H2,1-2H3. The van der Waals surface area contributed by atoms with Gasteiger partial charge in [-0.15, -0.1) is 0 Å². The van der Waals surface area contributed by atoms with Crippen molar-refractivity contribution >= 4 is 23.3 Å². The van der Waals surface area contributed by atoms with Crippen molar-refractivity contribution in [3.05, 3.63) is 0 Å². The molecule has 0 unspecified atom stereocenters. The highest BCUT2D eigenvalue weighted by atomic mass is 16.5. The zero-order valence-corrected chi connectivity index (χ0v) is 11.7. The number of hydrogen-bond acceptors (Lipinski definition) is 5. The van der Waals surface area contributed by atoms with Crippen LogP contribution in [0.3, 0.4) is 0 Å². The van der Waals surface area contributed by atoms with Crippen molar-refractivity contribution in [3.8, 4) is 0 Å². The van der Waals surface area contributed by atoms with Gasteiger partial charge in [0.05, 0.1) is 13.0 Å². The summed E-state index contributed by atoms with van der Waals surface area (Å²) < 4.78 is 4.70. The average molecular weight is 270 g/mol. The van der Waals surface area contributed by atoms with Crippen LogP contribution in [-0.4, -0.2) is 29.9 Å². The molecule has 0 saturated carbocycles. The van der Waals surface area contributed by atoms with Crippen LogP contribution in [0.15, 0.2) is 0 Å². The quantitative estimate of drug-likeness (QED) is 0.537. The highest BCUT2D eigenvalue weighted by molar-refractivity contribution is 5.89. The molecule has 0 amide bonds. The van der Waals surface area contributed by atoms with Crippen LogP contribution in [0.25, 0.3) is 0 Å². The fourth-order valence-electron chi connectivity index (χ4n) is 1.46. The van der Waals surface area contributed by atoms with E-state index in [1.165, 1.54) is 0 Å². The minimum Gasteiger partial charge on any atom is -0.466 e. The van der Waals surface area contributed by atoms with Crippen LogP contribution < -0.4 is 0 Å². The molecule has 0 rings (SSSR count). The Morgan fingerprint density at radius 3 is 1.53 bits per heavy atom. The van der Waals surface area contributed by atoms with Gasteiger partial charge in [-0.05, 0) is 6.92 Å². The van der Waals surface area contributed by atoms with Crippen LogP contribution in [0, 0.1) is 0 Å². The van der Waals surface area contributed by atoms with Gasteiger partial charge in [0.1, 0.15) is 17.3 Å². The number of ketones is 3. The molecule has 0 aromatic carbocycles. The van der Waals surface area contributed by atoms with Gasteiger partial charge in [-0.25, -0.2) is 0 Å². The molecule has 0 radical (unpaired) electrons. The largest absolute Gasteiger partial charge is 0.466 e. The van der Waals surface area contributed by atoms with Gasteiger partial charge in [0.25, 0.3) is 0 Å². The smallest absolute Gasteiger partial charge is 0.306 e. The predicted molar refractivity (Wildman–Crippen MR) is 69.6 cm³/mol. The van der Waals surface area contributed by atoms with E-state index in [9.17, 15) is 19.2 Å². The van der Waals surface area contributed by atoms with Gasteiger partial charge >= 0.3 is 5.97 Å². The second kappa shape index (κ2) is 10.4. The molecule has 108 valence electrons. The van der Waals surface area contributed by atoms with E-state index in [1.54, 1.807) is 13.8 Å². The second-order valence-corrected chi connectivity index (χ2v) is 4.27. The molecule has 0 fully saturated rings. The number of rotatable bonds is 11. The molecule has 0 aliphatic heterocycles. The molecule has 5 nitrogen and oxygen atoms in total. The fourth-order valence-corrected chi connectivity index (χ4v) is 1.46. The predicted octanol–water partition coefficient (Wildman–Crippen LogP) is 2.01. The summed E-state index contributed by atoms with van der Waals surface area (Å²) in [4.78, 5) is 44.9. The molecule has 5 heteroatoms. The van der Waals surface area contributed by atoms with Gasteiger partial charge in [0.15, 0.2) is 0 Å². The first-order valence-electron chi connectivity index (χ1n) is 6.70. The summed E-state index contributed by atoms with van der Waals surface area (Å²) in [7, 11) is 0. The van der Waals surface area contributed by atoms with E-state index in [4.69, 9.17) is 4.74 Å². The first-order chi connectivity index (χ1) is 8.99. The number of Topliss-reactive ketones (excluding diaryl/α,β-unsaturated/α-hetero) is 3. The molecule has 0 saturated heterocycles. The Bertz CT molecular complexity index is 333. The second-order valence-electron chi connectivity index (χ2n) is 4.27. The first-order valence-corrected chi connectivity index (χ1v) is 6.70. The molecule has 0 heterocycles.